The zero-order valence-electron chi connectivity index (χ0n) is 15.5. The molecule has 0 fully saturated rings. The van der Waals surface area contributed by atoms with Crippen molar-refractivity contribution >= 4 is 39.2 Å². The Balaban J connectivity index is 1.26. The Bertz CT molecular complexity index is 1300. The van der Waals surface area contributed by atoms with Crippen LogP contribution in [0.2, 0.25) is 0 Å². The van der Waals surface area contributed by atoms with Gasteiger partial charge < -0.3 is 9.15 Å². The van der Waals surface area contributed by atoms with Gasteiger partial charge in [0.2, 0.25) is 0 Å². The van der Waals surface area contributed by atoms with Crippen LogP contribution in [0.3, 0.4) is 0 Å². The highest BCUT2D eigenvalue weighted by atomic mass is 32.1. The molecule has 142 valence electrons. The normalized spacial score (nSPS) is 11.2. The number of hydrogen-bond acceptors (Lipinski definition) is 5. The van der Waals surface area contributed by atoms with Gasteiger partial charge in [0.15, 0.2) is 0 Å². The smallest absolute Gasteiger partial charge is 0.310 e. The average molecular weight is 399 g/mol. The zero-order chi connectivity index (χ0) is 19.6. The van der Waals surface area contributed by atoms with Crippen LogP contribution < -0.4 is 0 Å². The van der Waals surface area contributed by atoms with Crippen molar-refractivity contribution in [3.05, 3.63) is 89.4 Å². The molecule has 0 aliphatic rings. The number of furan rings is 1. The minimum atomic E-state index is -0.272. The molecular weight excluding hydrogens is 382 g/mol. The maximum Gasteiger partial charge on any atom is 0.310 e. The van der Waals surface area contributed by atoms with E-state index in [2.05, 4.69) is 4.98 Å². The first-order valence-electron chi connectivity index (χ1n) is 9.32. The molecule has 3 aromatic carbocycles. The molecule has 0 aliphatic carbocycles. The number of carbonyl (C=O) groups is 1. The maximum absolute atomic E-state index is 12.3. The summed E-state index contributed by atoms with van der Waals surface area (Å²) < 4.78 is 11.3. The SMILES string of the molecule is O=C(Cc1ccc2oc3ccccc3c2c1)OCc1csc(-c2ccccc2)n1. The van der Waals surface area contributed by atoms with E-state index >= 15 is 0 Å². The van der Waals surface area contributed by atoms with E-state index in [1.807, 2.05) is 78.2 Å². The first kappa shape index (κ1) is 17.6. The lowest BCUT2D eigenvalue weighted by atomic mass is 10.1. The van der Waals surface area contributed by atoms with Crippen molar-refractivity contribution < 1.29 is 13.9 Å². The number of benzene rings is 3. The van der Waals surface area contributed by atoms with Crippen LogP contribution in [0.15, 0.2) is 82.6 Å². The molecule has 2 heterocycles. The molecule has 0 aliphatic heterocycles. The van der Waals surface area contributed by atoms with Crippen LogP contribution >= 0.6 is 11.3 Å². The molecule has 0 amide bonds. The topological polar surface area (TPSA) is 52.3 Å². The third-order valence-corrected chi connectivity index (χ3v) is 5.68. The van der Waals surface area contributed by atoms with Crippen LogP contribution in [0, 0.1) is 0 Å². The second kappa shape index (κ2) is 7.53. The summed E-state index contributed by atoms with van der Waals surface area (Å²) in [7, 11) is 0. The summed E-state index contributed by atoms with van der Waals surface area (Å²) in [5, 5.41) is 4.92. The average Bonchev–Trinajstić information content (AvgIpc) is 3.37. The van der Waals surface area contributed by atoms with Crippen LogP contribution in [0.25, 0.3) is 32.5 Å². The van der Waals surface area contributed by atoms with Crippen LogP contribution in [0.1, 0.15) is 11.3 Å². The van der Waals surface area contributed by atoms with E-state index in [-0.39, 0.29) is 19.0 Å². The molecule has 5 rings (SSSR count). The molecule has 0 bridgehead atoms. The minimum absolute atomic E-state index is 0.180. The van der Waals surface area contributed by atoms with E-state index in [9.17, 15) is 4.79 Å². The highest BCUT2D eigenvalue weighted by Crippen LogP contribution is 2.29. The predicted octanol–water partition coefficient (Wildman–Crippen LogP) is 6.00. The molecule has 29 heavy (non-hydrogen) atoms. The fourth-order valence-electron chi connectivity index (χ4n) is 3.34. The second-order valence-electron chi connectivity index (χ2n) is 6.78. The van der Waals surface area contributed by atoms with Crippen LogP contribution in [-0.2, 0) is 22.6 Å². The van der Waals surface area contributed by atoms with Gasteiger partial charge in [0.1, 0.15) is 22.8 Å². The van der Waals surface area contributed by atoms with Crippen molar-refractivity contribution in [2.75, 3.05) is 0 Å². The number of esters is 1. The molecule has 2 aromatic heterocycles. The summed E-state index contributed by atoms with van der Waals surface area (Å²) in [6.45, 7) is 0.180. The van der Waals surface area contributed by atoms with Crippen molar-refractivity contribution in [2.24, 2.45) is 0 Å². The zero-order valence-corrected chi connectivity index (χ0v) is 16.3. The molecule has 0 saturated carbocycles. The Morgan fingerprint density at radius 1 is 0.931 bits per heavy atom. The predicted molar refractivity (Wildman–Crippen MR) is 115 cm³/mol. The number of carbonyl (C=O) groups excluding carboxylic acids is 1. The van der Waals surface area contributed by atoms with Crippen molar-refractivity contribution in [3.63, 3.8) is 0 Å². The van der Waals surface area contributed by atoms with Gasteiger partial charge in [-0.15, -0.1) is 11.3 Å². The Morgan fingerprint density at radius 2 is 1.72 bits per heavy atom. The summed E-state index contributed by atoms with van der Waals surface area (Å²) in [6.07, 6.45) is 0.213. The Hall–Kier alpha value is -3.44. The third-order valence-electron chi connectivity index (χ3n) is 4.74. The van der Waals surface area contributed by atoms with Crippen LogP contribution in [-0.4, -0.2) is 11.0 Å². The number of hydrogen-bond donors (Lipinski definition) is 0. The van der Waals surface area contributed by atoms with Gasteiger partial charge in [-0.1, -0.05) is 54.6 Å². The lowest BCUT2D eigenvalue weighted by molar-refractivity contribution is -0.144. The number of nitrogens with zero attached hydrogens (tertiary/aromatic N) is 1. The van der Waals surface area contributed by atoms with Crippen molar-refractivity contribution in [3.8, 4) is 10.6 Å². The highest BCUT2D eigenvalue weighted by molar-refractivity contribution is 7.13. The lowest BCUT2D eigenvalue weighted by Gasteiger charge is -2.03. The first-order valence-corrected chi connectivity index (χ1v) is 10.2. The molecule has 5 heteroatoms. The molecule has 0 saturated heterocycles. The van der Waals surface area contributed by atoms with Gasteiger partial charge in [-0.25, -0.2) is 4.98 Å². The molecule has 0 N–H and O–H groups in total. The number of rotatable bonds is 5. The van der Waals surface area contributed by atoms with Gasteiger partial charge in [-0.05, 0) is 23.8 Å². The highest BCUT2D eigenvalue weighted by Gasteiger charge is 2.11. The van der Waals surface area contributed by atoms with E-state index in [1.54, 1.807) is 11.3 Å². The standard InChI is InChI=1S/C24H17NO3S/c26-23(27-14-18-15-29-24(25-18)17-6-2-1-3-7-17)13-16-10-11-22-20(12-16)19-8-4-5-9-21(19)28-22/h1-12,15H,13-14H2. The monoisotopic (exact) mass is 399 g/mol. The van der Waals surface area contributed by atoms with Gasteiger partial charge in [0.05, 0.1) is 12.1 Å². The summed E-state index contributed by atoms with van der Waals surface area (Å²) >= 11 is 1.55. The largest absolute Gasteiger partial charge is 0.459 e. The van der Waals surface area contributed by atoms with Crippen molar-refractivity contribution in [1.29, 1.82) is 0 Å². The van der Waals surface area contributed by atoms with Gasteiger partial charge in [0, 0.05) is 21.7 Å². The van der Waals surface area contributed by atoms with Gasteiger partial charge in [-0.3, -0.25) is 4.79 Å². The molecule has 0 spiro atoms. The van der Waals surface area contributed by atoms with E-state index in [0.717, 1.165) is 43.8 Å². The van der Waals surface area contributed by atoms with E-state index in [1.165, 1.54) is 0 Å². The lowest BCUT2D eigenvalue weighted by Crippen LogP contribution is -2.08. The number of ether oxygens (including phenoxy) is 1. The van der Waals surface area contributed by atoms with Gasteiger partial charge >= 0.3 is 5.97 Å². The Kier molecular flexibility index (Phi) is 4.58. The Morgan fingerprint density at radius 3 is 2.62 bits per heavy atom. The molecular formula is C24H17NO3S. The fourth-order valence-corrected chi connectivity index (χ4v) is 4.15. The van der Waals surface area contributed by atoms with E-state index < -0.39 is 0 Å². The number of aromatic nitrogens is 1. The minimum Gasteiger partial charge on any atom is -0.459 e. The van der Waals surface area contributed by atoms with Gasteiger partial charge in [0.25, 0.3) is 0 Å². The first-order chi connectivity index (χ1) is 14.3. The maximum atomic E-state index is 12.3. The summed E-state index contributed by atoms with van der Waals surface area (Å²) in [4.78, 5) is 16.9. The quantitative estimate of drug-likeness (QED) is 0.340. The third kappa shape index (κ3) is 3.65. The van der Waals surface area contributed by atoms with E-state index in [4.69, 9.17) is 9.15 Å². The van der Waals surface area contributed by atoms with Crippen molar-refractivity contribution in [1.82, 2.24) is 4.98 Å². The molecule has 0 radical (unpaired) electrons. The molecule has 5 aromatic rings. The summed E-state index contributed by atoms with van der Waals surface area (Å²) in [5.74, 6) is -0.272. The van der Waals surface area contributed by atoms with Gasteiger partial charge in [-0.2, -0.15) is 0 Å². The van der Waals surface area contributed by atoms with E-state index in [0.29, 0.717) is 0 Å². The number of para-hydroxylation sites is 1. The molecule has 0 unspecified atom stereocenters. The summed E-state index contributed by atoms with van der Waals surface area (Å²) in [6, 6.07) is 23.7. The van der Waals surface area contributed by atoms with Crippen LogP contribution in [0.5, 0.6) is 0 Å². The Labute approximate surface area is 171 Å². The second-order valence-corrected chi connectivity index (χ2v) is 7.63. The summed E-state index contributed by atoms with van der Waals surface area (Å²) in [5.41, 5.74) is 4.39. The molecule has 0 atom stereocenters. The number of fused-ring (bicyclic) bond motifs is 3. The molecule has 4 nitrogen and oxygen atoms in total. The fraction of sp³-hybridized carbons (Fsp3) is 0.0833. The number of thiazole rings is 1. The van der Waals surface area contributed by atoms with Crippen molar-refractivity contribution in [2.45, 2.75) is 13.0 Å². The van der Waals surface area contributed by atoms with Crippen LogP contribution in [0.4, 0.5) is 0 Å².